The molecule has 1 aromatic carbocycles. The van der Waals surface area contributed by atoms with Gasteiger partial charge in [-0.3, -0.25) is 0 Å². The van der Waals surface area contributed by atoms with E-state index in [1.165, 1.54) is 19.8 Å². The lowest BCUT2D eigenvalue weighted by molar-refractivity contribution is 0.703. The van der Waals surface area contributed by atoms with Crippen LogP contribution in [0.1, 0.15) is 27.6 Å². The highest BCUT2D eigenvalue weighted by Gasteiger charge is 2.18. The van der Waals surface area contributed by atoms with Crippen LogP contribution in [0.5, 0.6) is 0 Å². The van der Waals surface area contributed by atoms with Gasteiger partial charge in [-0.1, -0.05) is 23.7 Å². The van der Waals surface area contributed by atoms with Crippen LogP contribution in [0.4, 0.5) is 0 Å². The van der Waals surface area contributed by atoms with Crippen molar-refractivity contribution in [2.75, 3.05) is 7.05 Å². The molecule has 2 aromatic rings. The molecule has 1 nitrogen and oxygen atoms in total. The van der Waals surface area contributed by atoms with E-state index in [0.717, 1.165) is 10.6 Å². The second-order valence-corrected chi connectivity index (χ2v) is 7.16. The molecule has 0 saturated heterocycles. The summed E-state index contributed by atoms with van der Waals surface area (Å²) in [5.41, 5.74) is 3.57. The number of rotatable bonds is 3. The molecule has 0 aliphatic heterocycles. The quantitative estimate of drug-likeness (QED) is 0.818. The number of aryl methyl sites for hydroxylation is 2. The number of hydrogen-bond donors (Lipinski definition) is 1. The first kappa shape index (κ1) is 14.1. The van der Waals surface area contributed by atoms with E-state index in [-0.39, 0.29) is 6.04 Å². The predicted molar refractivity (Wildman–Crippen MR) is 83.8 cm³/mol. The lowest BCUT2D eigenvalue weighted by atomic mass is 10.0. The van der Waals surface area contributed by atoms with Crippen molar-refractivity contribution in [2.24, 2.45) is 0 Å². The smallest absolute Gasteiger partial charge is 0.0731 e. The van der Waals surface area contributed by atoms with Crippen LogP contribution in [0.25, 0.3) is 0 Å². The fourth-order valence-electron chi connectivity index (χ4n) is 1.94. The van der Waals surface area contributed by atoms with Crippen molar-refractivity contribution in [1.82, 2.24) is 5.32 Å². The Kier molecular flexibility index (Phi) is 4.49. The maximum absolute atomic E-state index is 6.35. The van der Waals surface area contributed by atoms with E-state index >= 15 is 0 Å². The van der Waals surface area contributed by atoms with Crippen molar-refractivity contribution in [3.05, 3.63) is 54.6 Å². The first-order valence-electron chi connectivity index (χ1n) is 5.72. The molecule has 1 aromatic heterocycles. The van der Waals surface area contributed by atoms with Gasteiger partial charge in [0, 0.05) is 9.90 Å². The summed E-state index contributed by atoms with van der Waals surface area (Å²) in [5, 5.41) is 4.16. The minimum absolute atomic E-state index is 0.146. The van der Waals surface area contributed by atoms with Gasteiger partial charge >= 0.3 is 0 Å². The zero-order valence-corrected chi connectivity index (χ0v) is 13.7. The Hall–Kier alpha value is -0.350. The summed E-state index contributed by atoms with van der Waals surface area (Å²) in [6, 6.07) is 8.55. The summed E-state index contributed by atoms with van der Waals surface area (Å²) in [6.07, 6.45) is 0. The summed E-state index contributed by atoms with van der Waals surface area (Å²) in [5.74, 6) is 0. The van der Waals surface area contributed by atoms with Crippen molar-refractivity contribution >= 4 is 38.9 Å². The standard InChI is InChI=1S/C14H15BrClNS/c1-8-4-5-10(11(16)6-8)13(17-3)12-7-9(2)14(15)18-12/h4-7,13,17H,1-3H3. The van der Waals surface area contributed by atoms with Gasteiger partial charge in [0.15, 0.2) is 0 Å². The molecular weight excluding hydrogens is 330 g/mol. The van der Waals surface area contributed by atoms with Gasteiger partial charge in [0.25, 0.3) is 0 Å². The molecule has 0 spiro atoms. The second-order valence-electron chi connectivity index (χ2n) is 4.35. The Morgan fingerprint density at radius 1 is 1.28 bits per heavy atom. The van der Waals surface area contributed by atoms with Crippen LogP contribution in [-0.2, 0) is 0 Å². The molecule has 0 aliphatic rings. The van der Waals surface area contributed by atoms with E-state index in [1.807, 2.05) is 13.1 Å². The van der Waals surface area contributed by atoms with Gasteiger partial charge in [-0.25, -0.2) is 0 Å². The highest BCUT2D eigenvalue weighted by atomic mass is 79.9. The Labute approximate surface area is 125 Å². The Morgan fingerprint density at radius 3 is 2.50 bits per heavy atom. The third kappa shape index (κ3) is 2.80. The number of halogens is 2. The van der Waals surface area contributed by atoms with Gasteiger partial charge in [-0.05, 0) is 65.6 Å². The van der Waals surface area contributed by atoms with E-state index in [9.17, 15) is 0 Å². The van der Waals surface area contributed by atoms with Crippen LogP contribution in [0.2, 0.25) is 5.02 Å². The van der Waals surface area contributed by atoms with Crippen molar-refractivity contribution in [1.29, 1.82) is 0 Å². The lowest BCUT2D eigenvalue weighted by Crippen LogP contribution is -2.16. The summed E-state index contributed by atoms with van der Waals surface area (Å²) in [7, 11) is 1.96. The van der Waals surface area contributed by atoms with Crippen LogP contribution in [0, 0.1) is 13.8 Å². The SMILES string of the molecule is CNC(c1cc(C)c(Br)s1)c1ccc(C)cc1Cl. The van der Waals surface area contributed by atoms with Crippen LogP contribution in [0.3, 0.4) is 0 Å². The topological polar surface area (TPSA) is 12.0 Å². The highest BCUT2D eigenvalue weighted by Crippen LogP contribution is 2.36. The zero-order valence-electron chi connectivity index (χ0n) is 10.6. The number of benzene rings is 1. The molecule has 0 bridgehead atoms. The molecule has 1 unspecified atom stereocenters. The zero-order chi connectivity index (χ0) is 13.3. The molecule has 0 amide bonds. The molecule has 0 fully saturated rings. The predicted octanol–water partition coefficient (Wildman–Crippen LogP) is 5.09. The summed E-state index contributed by atoms with van der Waals surface area (Å²) in [6.45, 7) is 4.16. The highest BCUT2D eigenvalue weighted by molar-refractivity contribution is 9.11. The molecule has 0 aliphatic carbocycles. The first-order chi connectivity index (χ1) is 8.52. The summed E-state index contributed by atoms with van der Waals surface area (Å²) in [4.78, 5) is 1.27. The fourth-order valence-corrected chi connectivity index (χ4v) is 3.99. The van der Waals surface area contributed by atoms with Gasteiger partial charge < -0.3 is 5.32 Å². The molecule has 1 atom stereocenters. The number of nitrogens with one attached hydrogen (secondary N) is 1. The van der Waals surface area contributed by atoms with Crippen molar-refractivity contribution in [2.45, 2.75) is 19.9 Å². The first-order valence-corrected chi connectivity index (χ1v) is 7.71. The molecule has 4 heteroatoms. The van der Waals surface area contributed by atoms with E-state index in [4.69, 9.17) is 11.6 Å². The van der Waals surface area contributed by atoms with Crippen LogP contribution >= 0.6 is 38.9 Å². The number of hydrogen-bond acceptors (Lipinski definition) is 2. The summed E-state index contributed by atoms with van der Waals surface area (Å²) < 4.78 is 1.18. The normalized spacial score (nSPS) is 12.7. The maximum atomic E-state index is 6.35. The number of thiophene rings is 1. The van der Waals surface area contributed by atoms with Crippen molar-refractivity contribution < 1.29 is 0 Å². The van der Waals surface area contributed by atoms with Gasteiger partial charge in [0.2, 0.25) is 0 Å². The Morgan fingerprint density at radius 2 is 2.00 bits per heavy atom. The van der Waals surface area contributed by atoms with Crippen LogP contribution in [0.15, 0.2) is 28.1 Å². The maximum Gasteiger partial charge on any atom is 0.0731 e. The van der Waals surface area contributed by atoms with Gasteiger partial charge in [-0.2, -0.15) is 0 Å². The third-order valence-corrected chi connectivity index (χ3v) is 5.45. The van der Waals surface area contributed by atoms with E-state index in [0.29, 0.717) is 0 Å². The molecule has 0 saturated carbocycles. The molecular formula is C14H15BrClNS. The van der Waals surface area contributed by atoms with Crippen molar-refractivity contribution in [3.63, 3.8) is 0 Å². The lowest BCUT2D eigenvalue weighted by Gasteiger charge is -2.17. The molecule has 18 heavy (non-hydrogen) atoms. The molecule has 1 N–H and O–H groups in total. The average Bonchev–Trinajstić information content (AvgIpc) is 2.63. The molecule has 2 rings (SSSR count). The van der Waals surface area contributed by atoms with E-state index in [1.54, 1.807) is 11.3 Å². The average molecular weight is 345 g/mol. The Balaban J connectivity index is 2.45. The second kappa shape index (κ2) is 5.74. The van der Waals surface area contributed by atoms with Crippen LogP contribution < -0.4 is 5.32 Å². The van der Waals surface area contributed by atoms with E-state index in [2.05, 4.69) is 53.3 Å². The van der Waals surface area contributed by atoms with Gasteiger partial charge in [-0.15, -0.1) is 11.3 Å². The van der Waals surface area contributed by atoms with E-state index < -0.39 is 0 Å². The molecule has 1 heterocycles. The monoisotopic (exact) mass is 343 g/mol. The minimum Gasteiger partial charge on any atom is -0.309 e. The molecule has 96 valence electrons. The largest absolute Gasteiger partial charge is 0.309 e. The minimum atomic E-state index is 0.146. The molecule has 0 radical (unpaired) electrons. The Bertz CT molecular complexity index is 545. The van der Waals surface area contributed by atoms with Crippen LogP contribution in [-0.4, -0.2) is 7.05 Å². The van der Waals surface area contributed by atoms with Crippen molar-refractivity contribution in [3.8, 4) is 0 Å². The van der Waals surface area contributed by atoms with Gasteiger partial charge in [0.1, 0.15) is 0 Å². The summed E-state index contributed by atoms with van der Waals surface area (Å²) >= 11 is 11.7. The fraction of sp³-hybridized carbons (Fsp3) is 0.286. The third-order valence-electron chi connectivity index (χ3n) is 2.92. The van der Waals surface area contributed by atoms with Gasteiger partial charge in [0.05, 0.1) is 9.83 Å².